The molecular formula is C8H14N2O6. The van der Waals surface area contributed by atoms with E-state index >= 15 is 0 Å². The molecule has 2 saturated heterocycles. The monoisotopic (exact) mass is 234 g/mol. The van der Waals surface area contributed by atoms with Crippen LogP contribution in [0, 0.1) is 0 Å². The molecule has 2 aliphatic heterocycles. The highest BCUT2D eigenvalue weighted by molar-refractivity contribution is 5.73. The van der Waals surface area contributed by atoms with E-state index in [2.05, 4.69) is 15.1 Å². The van der Waals surface area contributed by atoms with Gasteiger partial charge >= 0.3 is 0 Å². The van der Waals surface area contributed by atoms with E-state index in [4.69, 9.17) is 15.6 Å². The average Bonchev–Trinajstić information content (AvgIpc) is 3.00. The molecule has 8 nitrogen and oxygen atoms in total. The summed E-state index contributed by atoms with van der Waals surface area (Å²) in [7, 11) is 0. The van der Waals surface area contributed by atoms with Gasteiger partial charge in [0.1, 0.15) is 18.4 Å². The first-order chi connectivity index (χ1) is 7.51. The van der Waals surface area contributed by atoms with Gasteiger partial charge in [-0.1, -0.05) is 0 Å². The molecule has 0 aromatic rings. The van der Waals surface area contributed by atoms with Gasteiger partial charge < -0.3 is 26.0 Å². The lowest BCUT2D eigenvalue weighted by Gasteiger charge is -2.39. The van der Waals surface area contributed by atoms with Crippen LogP contribution < -0.4 is 11.1 Å². The van der Waals surface area contributed by atoms with Crippen molar-refractivity contribution in [3.05, 3.63) is 0 Å². The van der Waals surface area contributed by atoms with Crippen LogP contribution in [0.3, 0.4) is 0 Å². The average molecular weight is 234 g/mol. The van der Waals surface area contributed by atoms with Crippen molar-refractivity contribution in [1.82, 2.24) is 5.32 Å². The fraction of sp³-hybridized carbons (Fsp3) is 0.875. The molecule has 0 bridgehead atoms. The van der Waals surface area contributed by atoms with Crippen molar-refractivity contribution >= 4 is 5.91 Å². The van der Waals surface area contributed by atoms with Crippen molar-refractivity contribution in [1.29, 1.82) is 0 Å². The van der Waals surface area contributed by atoms with Gasteiger partial charge in [-0.05, 0) is 0 Å². The van der Waals surface area contributed by atoms with Gasteiger partial charge in [-0.2, -0.15) is 9.78 Å². The van der Waals surface area contributed by atoms with E-state index < -0.39 is 36.9 Å². The lowest BCUT2D eigenvalue weighted by atomic mass is 9.94. The van der Waals surface area contributed by atoms with E-state index in [-0.39, 0.29) is 5.91 Å². The third-order valence-corrected chi connectivity index (χ3v) is 2.69. The normalized spacial score (nSPS) is 40.8. The molecule has 1 spiro atoms. The maximum Gasteiger partial charge on any atom is 0.289 e. The first kappa shape index (κ1) is 11.7. The molecule has 92 valence electrons. The summed E-state index contributed by atoms with van der Waals surface area (Å²) in [5, 5.41) is 21.4. The van der Waals surface area contributed by atoms with Gasteiger partial charge in [0.15, 0.2) is 0 Å². The Morgan fingerprint density at radius 3 is 2.62 bits per heavy atom. The summed E-state index contributed by atoms with van der Waals surface area (Å²) in [6.07, 6.45) is -3.01. The second-order valence-electron chi connectivity index (χ2n) is 3.83. The minimum Gasteiger partial charge on any atom is -0.393 e. The van der Waals surface area contributed by atoms with Crippen LogP contribution in [-0.4, -0.2) is 53.0 Å². The Morgan fingerprint density at radius 1 is 1.56 bits per heavy atom. The van der Waals surface area contributed by atoms with Crippen molar-refractivity contribution in [3.8, 4) is 0 Å². The van der Waals surface area contributed by atoms with E-state index in [1.54, 1.807) is 0 Å². The third kappa shape index (κ3) is 1.69. The molecule has 0 radical (unpaired) electrons. The SMILES string of the molecule is CC(=O)N[C@H]1[C@H](N)O[C@H](CO)C2(OO2)[C@@H]1O. The van der Waals surface area contributed by atoms with Crippen LogP contribution in [0.5, 0.6) is 0 Å². The summed E-state index contributed by atoms with van der Waals surface area (Å²) in [6.45, 7) is 0.885. The molecule has 0 aliphatic carbocycles. The zero-order valence-corrected chi connectivity index (χ0v) is 8.62. The Bertz CT molecular complexity index is 294. The number of ether oxygens (including phenoxy) is 1. The van der Waals surface area contributed by atoms with Crippen LogP contribution in [0.2, 0.25) is 0 Å². The van der Waals surface area contributed by atoms with Crippen LogP contribution in [0.1, 0.15) is 6.92 Å². The lowest BCUT2D eigenvalue weighted by molar-refractivity contribution is -0.182. The Morgan fingerprint density at radius 2 is 2.19 bits per heavy atom. The second-order valence-corrected chi connectivity index (χ2v) is 3.83. The minimum atomic E-state index is -1.42. The Hall–Kier alpha value is -0.770. The molecule has 2 rings (SSSR count). The molecule has 16 heavy (non-hydrogen) atoms. The number of hydrogen-bond donors (Lipinski definition) is 4. The highest BCUT2D eigenvalue weighted by Gasteiger charge is 2.68. The third-order valence-electron chi connectivity index (χ3n) is 2.69. The van der Waals surface area contributed by atoms with Crippen molar-refractivity contribution < 1.29 is 29.5 Å². The zero-order chi connectivity index (χ0) is 11.9. The van der Waals surface area contributed by atoms with E-state index in [9.17, 15) is 9.90 Å². The van der Waals surface area contributed by atoms with Crippen molar-refractivity contribution in [2.24, 2.45) is 5.73 Å². The lowest BCUT2D eigenvalue weighted by Crippen LogP contribution is -2.68. The van der Waals surface area contributed by atoms with Gasteiger partial charge in [0.05, 0.1) is 12.6 Å². The molecule has 2 fully saturated rings. The van der Waals surface area contributed by atoms with E-state index in [1.807, 2.05) is 0 Å². The van der Waals surface area contributed by atoms with Gasteiger partial charge in [-0.25, -0.2) is 0 Å². The summed E-state index contributed by atoms with van der Waals surface area (Å²) in [6, 6.07) is -0.845. The number of hydrogen-bond acceptors (Lipinski definition) is 7. The van der Waals surface area contributed by atoms with Gasteiger partial charge in [0.25, 0.3) is 5.79 Å². The predicted molar refractivity (Wildman–Crippen MR) is 48.4 cm³/mol. The first-order valence-electron chi connectivity index (χ1n) is 4.85. The number of rotatable bonds is 2. The number of aliphatic hydroxyl groups is 2. The fourth-order valence-corrected chi connectivity index (χ4v) is 1.81. The summed E-state index contributed by atoms with van der Waals surface area (Å²) in [4.78, 5) is 20.3. The predicted octanol–water partition coefficient (Wildman–Crippen LogP) is -2.81. The summed E-state index contributed by atoms with van der Waals surface area (Å²) < 4.78 is 5.20. The van der Waals surface area contributed by atoms with Gasteiger partial charge in [-0.3, -0.25) is 4.79 Å². The Labute approximate surface area is 91.2 Å². The summed E-state index contributed by atoms with van der Waals surface area (Å²) in [5.74, 6) is -1.78. The van der Waals surface area contributed by atoms with E-state index in [1.165, 1.54) is 6.92 Å². The highest BCUT2D eigenvalue weighted by atomic mass is 17.4. The Kier molecular flexibility index (Phi) is 2.86. The fourth-order valence-electron chi connectivity index (χ4n) is 1.81. The van der Waals surface area contributed by atoms with Crippen molar-refractivity contribution in [2.45, 2.75) is 37.2 Å². The first-order valence-corrected chi connectivity index (χ1v) is 4.85. The maximum atomic E-state index is 10.9. The number of amides is 1. The molecule has 0 saturated carbocycles. The van der Waals surface area contributed by atoms with Gasteiger partial charge in [0.2, 0.25) is 5.91 Å². The molecule has 0 aromatic heterocycles. The van der Waals surface area contributed by atoms with Crippen LogP contribution in [0.25, 0.3) is 0 Å². The van der Waals surface area contributed by atoms with E-state index in [0.717, 1.165) is 0 Å². The quantitative estimate of drug-likeness (QED) is 0.299. The number of carbonyl (C=O) groups excluding carboxylic acids is 1. The van der Waals surface area contributed by atoms with Gasteiger partial charge in [0, 0.05) is 6.92 Å². The van der Waals surface area contributed by atoms with Crippen LogP contribution in [0.4, 0.5) is 0 Å². The smallest absolute Gasteiger partial charge is 0.289 e. The topological polar surface area (TPSA) is 130 Å². The van der Waals surface area contributed by atoms with Crippen LogP contribution in [-0.2, 0) is 19.3 Å². The second kappa shape index (κ2) is 3.91. The summed E-state index contributed by atoms with van der Waals surface area (Å²) in [5.41, 5.74) is 5.61. The molecule has 2 aliphatic rings. The minimum absolute atomic E-state index is 0.360. The molecule has 5 N–H and O–H groups in total. The molecule has 4 atom stereocenters. The Balaban J connectivity index is 2.14. The highest BCUT2D eigenvalue weighted by Crippen LogP contribution is 2.43. The number of carbonyl (C=O) groups is 1. The van der Waals surface area contributed by atoms with Gasteiger partial charge in [-0.15, -0.1) is 0 Å². The maximum absolute atomic E-state index is 10.9. The molecule has 0 aromatic carbocycles. The van der Waals surface area contributed by atoms with Crippen molar-refractivity contribution in [2.75, 3.05) is 6.61 Å². The number of aliphatic hydroxyl groups excluding tert-OH is 2. The van der Waals surface area contributed by atoms with Crippen molar-refractivity contribution in [3.63, 3.8) is 0 Å². The molecule has 1 amide bonds. The zero-order valence-electron chi connectivity index (χ0n) is 8.62. The number of nitrogens with one attached hydrogen (secondary N) is 1. The van der Waals surface area contributed by atoms with Crippen LogP contribution >= 0.6 is 0 Å². The standard InChI is InChI=1S/C8H14N2O6/c1-3(12)10-5-6(13)8(15-16-8)4(2-11)14-7(5)9/h4-7,11,13H,2,9H2,1H3,(H,10,12)/t4-,5-,6-,7-/m1/s1. The largest absolute Gasteiger partial charge is 0.393 e. The van der Waals surface area contributed by atoms with E-state index in [0.29, 0.717) is 0 Å². The number of nitrogens with two attached hydrogens (primary N) is 1. The molecule has 2 heterocycles. The molecule has 8 heteroatoms. The summed E-state index contributed by atoms with van der Waals surface area (Å²) >= 11 is 0. The van der Waals surface area contributed by atoms with Crippen LogP contribution in [0.15, 0.2) is 0 Å². The molecule has 0 unspecified atom stereocenters. The molecular weight excluding hydrogens is 220 g/mol.